The fourth-order valence-corrected chi connectivity index (χ4v) is 1.77. The molecule has 6 nitrogen and oxygen atoms in total. The topological polar surface area (TPSA) is 75.6 Å². The molecule has 2 heterocycles. The Bertz CT molecular complexity index is 756. The van der Waals surface area contributed by atoms with Crippen LogP contribution in [0.25, 0.3) is 11.5 Å². The summed E-state index contributed by atoms with van der Waals surface area (Å²) in [5, 5.41) is 5.20. The summed E-state index contributed by atoms with van der Waals surface area (Å²) in [6.45, 7) is 4.59. The minimum Gasteiger partial charge on any atom is -0.352 e. The molecule has 130 valence electrons. The first-order valence-corrected chi connectivity index (χ1v) is 7.43. The Kier molecular flexibility index (Phi) is 4.98. The van der Waals surface area contributed by atoms with Crippen molar-refractivity contribution in [2.75, 3.05) is 10.6 Å². The maximum absolute atomic E-state index is 12.8. The molecule has 0 amide bonds. The van der Waals surface area contributed by atoms with Crippen LogP contribution in [0.15, 0.2) is 18.2 Å². The fraction of sp³-hybridized carbons (Fsp3) is 0.429. The van der Waals surface area contributed by atoms with E-state index < -0.39 is 12.2 Å². The predicted molar refractivity (Wildman–Crippen MR) is 86.0 cm³/mol. The second kappa shape index (κ2) is 7.16. The van der Waals surface area contributed by atoms with Crippen LogP contribution >= 0.6 is 11.6 Å². The molecule has 0 aliphatic heterocycles. The molecule has 2 aromatic rings. The van der Waals surface area contributed by atoms with E-state index in [-0.39, 0.29) is 40.7 Å². The molecule has 2 N–H and O–H groups in total. The number of nitrogens with one attached hydrogen (secondary N) is 2. The number of nitrogens with zero attached hydrogens (tertiary/aromatic N) is 4. The molecule has 0 spiro atoms. The molecule has 1 atom stereocenters. The summed E-state index contributed by atoms with van der Waals surface area (Å²) in [6.07, 6.45) is -4.46. The van der Waals surface area contributed by atoms with Gasteiger partial charge in [-0.1, -0.05) is 17.7 Å². The molecule has 0 saturated carbocycles. The van der Waals surface area contributed by atoms with E-state index in [9.17, 15) is 13.2 Å². The second-order valence-electron chi connectivity index (χ2n) is 5.27. The van der Waals surface area contributed by atoms with E-state index in [1.165, 1.54) is 12.1 Å². The van der Waals surface area contributed by atoms with E-state index in [1.54, 1.807) is 0 Å². The zero-order valence-electron chi connectivity index (χ0n) is 14.1. The van der Waals surface area contributed by atoms with Gasteiger partial charge in [0.25, 0.3) is 0 Å². The molecule has 2 aromatic heterocycles. The van der Waals surface area contributed by atoms with Crippen molar-refractivity contribution in [1.29, 1.82) is 0 Å². The fourth-order valence-electron chi connectivity index (χ4n) is 1.62. The van der Waals surface area contributed by atoms with E-state index in [0.29, 0.717) is 0 Å². The Labute approximate surface area is 143 Å². The summed E-state index contributed by atoms with van der Waals surface area (Å²) in [5.74, 6) is -0.264. The first-order chi connectivity index (χ1) is 11.6. The Morgan fingerprint density at radius 2 is 1.71 bits per heavy atom. The largest absolute Gasteiger partial charge is 0.408 e. The highest BCUT2D eigenvalue weighted by atomic mass is 35.5. The van der Waals surface area contributed by atoms with Crippen LogP contribution in [0.3, 0.4) is 0 Å². The number of hydrogen-bond acceptors (Lipinski definition) is 6. The van der Waals surface area contributed by atoms with Crippen molar-refractivity contribution in [3.63, 3.8) is 0 Å². The number of rotatable bonds is 5. The zero-order valence-corrected chi connectivity index (χ0v) is 13.9. The quantitative estimate of drug-likeness (QED) is 0.789. The molecule has 10 heteroatoms. The summed E-state index contributed by atoms with van der Waals surface area (Å²) >= 11 is 5.83. The van der Waals surface area contributed by atoms with Crippen molar-refractivity contribution < 1.29 is 14.5 Å². The number of hydrogen-bond donors (Lipinski definition) is 2. The zero-order chi connectivity index (χ0) is 18.8. The average molecular weight is 362 g/mol. The smallest absolute Gasteiger partial charge is 0.352 e. The first kappa shape index (κ1) is 16.7. The lowest BCUT2D eigenvalue weighted by atomic mass is 10.3. The molecule has 0 radical (unpaired) electrons. The summed E-state index contributed by atoms with van der Waals surface area (Å²) in [7, 11) is 0. The lowest BCUT2D eigenvalue weighted by molar-refractivity contribution is -0.138. The van der Waals surface area contributed by atoms with E-state index in [2.05, 4.69) is 30.6 Å². The van der Waals surface area contributed by atoms with Crippen molar-refractivity contribution in [2.24, 2.45) is 0 Å². The Morgan fingerprint density at radius 1 is 1.08 bits per heavy atom. The van der Waals surface area contributed by atoms with Crippen molar-refractivity contribution in [3.8, 4) is 11.5 Å². The van der Waals surface area contributed by atoms with Crippen molar-refractivity contribution in [1.82, 2.24) is 19.9 Å². The molecular weight excluding hydrogens is 345 g/mol. The van der Waals surface area contributed by atoms with Crippen LogP contribution in [-0.4, -0.2) is 38.2 Å². The molecule has 0 aliphatic rings. The van der Waals surface area contributed by atoms with Crippen LogP contribution in [0, 0.1) is 0 Å². The van der Waals surface area contributed by atoms with E-state index >= 15 is 0 Å². The normalized spacial score (nSPS) is 13.6. The lowest BCUT2D eigenvalue weighted by Gasteiger charge is -2.18. The summed E-state index contributed by atoms with van der Waals surface area (Å²) < 4.78 is 46.2. The van der Waals surface area contributed by atoms with E-state index in [4.69, 9.17) is 13.0 Å². The molecular formula is C14H16ClF3N6. The van der Waals surface area contributed by atoms with Gasteiger partial charge < -0.3 is 10.6 Å². The van der Waals surface area contributed by atoms with Gasteiger partial charge in [-0.2, -0.15) is 28.1 Å². The molecule has 24 heavy (non-hydrogen) atoms. The lowest BCUT2D eigenvalue weighted by Crippen LogP contribution is -2.34. The minimum atomic E-state index is -4.46. The highest BCUT2D eigenvalue weighted by molar-refractivity contribution is 6.29. The van der Waals surface area contributed by atoms with Crippen LogP contribution in [0.2, 0.25) is 5.15 Å². The van der Waals surface area contributed by atoms with Crippen LogP contribution < -0.4 is 10.6 Å². The molecule has 0 aliphatic carbocycles. The summed E-state index contributed by atoms with van der Waals surface area (Å²) in [6, 6.07) is 0.881. The number of pyridine rings is 1. The third kappa shape index (κ3) is 4.92. The van der Waals surface area contributed by atoms with Crippen molar-refractivity contribution in [2.45, 2.75) is 39.0 Å². The molecule has 0 bridgehead atoms. The molecule has 2 rings (SSSR count). The van der Waals surface area contributed by atoms with E-state index in [0.717, 1.165) is 6.92 Å². The van der Waals surface area contributed by atoms with E-state index in [1.807, 2.05) is 13.8 Å². The van der Waals surface area contributed by atoms with Gasteiger partial charge in [-0.25, -0.2) is 4.98 Å². The maximum Gasteiger partial charge on any atom is 0.408 e. The number of halogens is 4. The SMILES string of the molecule is [2H]c1ccc(Cl)nc1-c1nc(NC(C)C)nc(N[C@H](C)C(F)(F)F)n1. The number of alkyl halides is 3. The Balaban J connectivity index is 2.48. The average Bonchev–Trinajstić information content (AvgIpc) is 2.47. The van der Waals surface area contributed by atoms with Gasteiger partial charge in [-0.15, -0.1) is 0 Å². The minimum absolute atomic E-state index is 0.0130. The van der Waals surface area contributed by atoms with Gasteiger partial charge in [0.1, 0.15) is 16.9 Å². The van der Waals surface area contributed by atoms with Gasteiger partial charge in [-0.3, -0.25) is 0 Å². The standard InChI is InChI=1S/C14H16ClF3N6/c1-7(2)19-12-22-11(9-5-4-6-10(15)21-9)23-13(24-12)20-8(3)14(16,17)18/h4-8H,1-3H3,(H2,19,20,22,23,24)/t8-/m1/s1/i5D. The first-order valence-electron chi connectivity index (χ1n) is 7.55. The molecule has 0 fully saturated rings. The number of anilines is 2. The van der Waals surface area contributed by atoms with Gasteiger partial charge in [0.15, 0.2) is 5.82 Å². The third-order valence-electron chi connectivity index (χ3n) is 2.76. The maximum atomic E-state index is 12.8. The highest BCUT2D eigenvalue weighted by Crippen LogP contribution is 2.24. The van der Waals surface area contributed by atoms with Crippen LogP contribution in [-0.2, 0) is 0 Å². The van der Waals surface area contributed by atoms with Crippen molar-refractivity contribution in [3.05, 3.63) is 23.3 Å². The van der Waals surface area contributed by atoms with Gasteiger partial charge in [0, 0.05) is 6.04 Å². The van der Waals surface area contributed by atoms with Crippen LogP contribution in [0.5, 0.6) is 0 Å². The van der Waals surface area contributed by atoms with Crippen LogP contribution in [0.1, 0.15) is 22.1 Å². The molecule has 0 aromatic carbocycles. The summed E-state index contributed by atoms with van der Waals surface area (Å²) in [4.78, 5) is 16.0. The predicted octanol–water partition coefficient (Wildman–Crippen LogP) is 3.77. The Morgan fingerprint density at radius 3 is 2.29 bits per heavy atom. The van der Waals surface area contributed by atoms with Crippen molar-refractivity contribution >= 4 is 23.5 Å². The molecule has 0 unspecified atom stereocenters. The second-order valence-corrected chi connectivity index (χ2v) is 5.66. The molecule has 0 saturated heterocycles. The van der Waals surface area contributed by atoms with Gasteiger partial charge >= 0.3 is 6.18 Å². The van der Waals surface area contributed by atoms with Crippen LogP contribution in [0.4, 0.5) is 25.1 Å². The van der Waals surface area contributed by atoms with Gasteiger partial charge in [0.2, 0.25) is 11.9 Å². The van der Waals surface area contributed by atoms with Gasteiger partial charge in [0.05, 0.1) is 1.37 Å². The Hall–Kier alpha value is -2.16. The number of aromatic nitrogens is 4. The third-order valence-corrected chi connectivity index (χ3v) is 2.97. The van der Waals surface area contributed by atoms with Gasteiger partial charge in [-0.05, 0) is 32.9 Å². The monoisotopic (exact) mass is 361 g/mol. The summed E-state index contributed by atoms with van der Waals surface area (Å²) in [5.41, 5.74) is 0.0458. The highest BCUT2D eigenvalue weighted by Gasteiger charge is 2.36.